The van der Waals surface area contributed by atoms with Crippen LogP contribution in [-0.2, 0) is 6.42 Å². The van der Waals surface area contributed by atoms with Gasteiger partial charge in [-0.2, -0.15) is 0 Å². The Labute approximate surface area is 148 Å². The molecule has 1 aromatic carbocycles. The third-order valence-corrected chi connectivity index (χ3v) is 3.84. The largest absolute Gasteiger partial charge is 0.491 e. The Morgan fingerprint density at radius 1 is 1.12 bits per heavy atom. The van der Waals surface area contributed by atoms with Gasteiger partial charge in [0.2, 0.25) is 0 Å². The fourth-order valence-electron chi connectivity index (χ4n) is 2.51. The van der Waals surface area contributed by atoms with Gasteiger partial charge in [0.15, 0.2) is 0 Å². The lowest BCUT2D eigenvalue weighted by atomic mass is 10.1. The molecule has 0 radical (unpaired) electrons. The van der Waals surface area contributed by atoms with Crippen molar-refractivity contribution >= 4 is 5.91 Å². The number of aromatic amines is 1. The van der Waals surface area contributed by atoms with E-state index < -0.39 is 0 Å². The minimum Gasteiger partial charge on any atom is -0.491 e. The third-order valence-electron chi connectivity index (χ3n) is 3.84. The van der Waals surface area contributed by atoms with E-state index in [0.29, 0.717) is 0 Å². The summed E-state index contributed by atoms with van der Waals surface area (Å²) in [5.41, 5.74) is 1.71. The van der Waals surface area contributed by atoms with Gasteiger partial charge in [-0.1, -0.05) is 12.1 Å². The molecule has 2 N–H and O–H groups in total. The highest BCUT2D eigenvalue weighted by molar-refractivity contribution is 5.93. The van der Waals surface area contributed by atoms with Crippen LogP contribution in [0.2, 0.25) is 0 Å². The summed E-state index contributed by atoms with van der Waals surface area (Å²) in [7, 11) is 0. The number of carbonyl (C=O) groups excluding carboxylic acids is 1. The van der Waals surface area contributed by atoms with E-state index in [0.717, 1.165) is 24.3 Å². The standard InChI is InChI=1S/C20H26N2O3/c1-13(2)25-17-10-8-16(9-11-17)7-5-14(3)21-19(23)18-12-6-15(4)22-20(18)24/h6,8-14H,5,7H2,1-4H3,(H,21,23)(H,22,24)/t14-/m1/s1. The second kappa shape index (κ2) is 8.51. The number of hydrogen-bond donors (Lipinski definition) is 2. The van der Waals surface area contributed by atoms with E-state index in [-0.39, 0.29) is 29.2 Å². The van der Waals surface area contributed by atoms with Crippen molar-refractivity contribution in [3.05, 3.63) is 63.6 Å². The molecule has 0 aliphatic rings. The van der Waals surface area contributed by atoms with Gasteiger partial charge in [0.25, 0.3) is 11.5 Å². The van der Waals surface area contributed by atoms with Crippen LogP contribution in [-0.4, -0.2) is 23.0 Å². The number of benzene rings is 1. The van der Waals surface area contributed by atoms with E-state index in [2.05, 4.69) is 10.3 Å². The summed E-state index contributed by atoms with van der Waals surface area (Å²) < 4.78 is 5.63. The van der Waals surface area contributed by atoms with Crippen molar-refractivity contribution in [1.82, 2.24) is 10.3 Å². The average molecular weight is 342 g/mol. The number of nitrogens with one attached hydrogen (secondary N) is 2. The summed E-state index contributed by atoms with van der Waals surface area (Å²) in [6, 6.07) is 11.3. The Morgan fingerprint density at radius 3 is 2.40 bits per heavy atom. The van der Waals surface area contributed by atoms with Gasteiger partial charge in [0.1, 0.15) is 11.3 Å². The maximum Gasteiger partial charge on any atom is 0.260 e. The van der Waals surface area contributed by atoms with Crippen LogP contribution >= 0.6 is 0 Å². The molecule has 0 bridgehead atoms. The van der Waals surface area contributed by atoms with Crippen LogP contribution in [0, 0.1) is 6.92 Å². The fraction of sp³-hybridized carbons (Fsp3) is 0.400. The smallest absolute Gasteiger partial charge is 0.260 e. The van der Waals surface area contributed by atoms with Gasteiger partial charge in [0.05, 0.1) is 6.10 Å². The lowest BCUT2D eigenvalue weighted by Gasteiger charge is -2.14. The molecule has 1 atom stereocenters. The molecule has 0 unspecified atom stereocenters. The molecule has 5 heteroatoms. The Bertz CT molecular complexity index is 763. The Morgan fingerprint density at radius 2 is 1.80 bits per heavy atom. The molecule has 1 heterocycles. The summed E-state index contributed by atoms with van der Waals surface area (Å²) in [6.45, 7) is 7.72. The normalized spacial score (nSPS) is 12.0. The van der Waals surface area contributed by atoms with Crippen LogP contribution in [0.25, 0.3) is 0 Å². The van der Waals surface area contributed by atoms with E-state index in [9.17, 15) is 9.59 Å². The molecular formula is C20H26N2O3. The van der Waals surface area contributed by atoms with Crippen LogP contribution in [0.4, 0.5) is 0 Å². The van der Waals surface area contributed by atoms with E-state index in [1.807, 2.05) is 45.0 Å². The van der Waals surface area contributed by atoms with Crippen molar-refractivity contribution in [3.63, 3.8) is 0 Å². The van der Waals surface area contributed by atoms with Gasteiger partial charge < -0.3 is 15.0 Å². The molecule has 0 saturated carbocycles. The monoisotopic (exact) mass is 342 g/mol. The topological polar surface area (TPSA) is 71.2 Å². The SMILES string of the molecule is Cc1ccc(C(=O)N[C@H](C)CCc2ccc(OC(C)C)cc2)c(=O)[nH]1. The maximum absolute atomic E-state index is 12.2. The molecule has 0 saturated heterocycles. The number of carbonyl (C=O) groups is 1. The van der Waals surface area contributed by atoms with Crippen LogP contribution < -0.4 is 15.6 Å². The second-order valence-electron chi connectivity index (χ2n) is 6.61. The second-order valence-corrected chi connectivity index (χ2v) is 6.61. The molecule has 1 amide bonds. The van der Waals surface area contributed by atoms with Gasteiger partial charge in [-0.05, 0) is 70.4 Å². The first-order valence-electron chi connectivity index (χ1n) is 8.61. The Kier molecular flexibility index (Phi) is 6.39. The lowest BCUT2D eigenvalue weighted by Crippen LogP contribution is -2.36. The van der Waals surface area contributed by atoms with Crippen molar-refractivity contribution in [2.24, 2.45) is 0 Å². The van der Waals surface area contributed by atoms with E-state index >= 15 is 0 Å². The van der Waals surface area contributed by atoms with Crippen LogP contribution in [0.1, 0.15) is 48.8 Å². The number of hydrogen-bond acceptors (Lipinski definition) is 3. The minimum atomic E-state index is -0.356. The number of aryl methyl sites for hydroxylation is 2. The fourth-order valence-corrected chi connectivity index (χ4v) is 2.51. The highest BCUT2D eigenvalue weighted by Crippen LogP contribution is 2.15. The zero-order valence-corrected chi connectivity index (χ0v) is 15.3. The van der Waals surface area contributed by atoms with Crippen LogP contribution in [0.3, 0.4) is 0 Å². The van der Waals surface area contributed by atoms with Crippen LogP contribution in [0.15, 0.2) is 41.2 Å². The molecule has 2 rings (SSSR count). The summed E-state index contributed by atoms with van der Waals surface area (Å²) in [4.78, 5) is 26.7. The lowest BCUT2D eigenvalue weighted by molar-refractivity contribution is 0.0937. The highest BCUT2D eigenvalue weighted by Gasteiger charge is 2.13. The molecule has 134 valence electrons. The minimum absolute atomic E-state index is 0.0280. The van der Waals surface area contributed by atoms with Crippen molar-refractivity contribution in [2.75, 3.05) is 0 Å². The molecule has 1 aromatic heterocycles. The molecule has 25 heavy (non-hydrogen) atoms. The quantitative estimate of drug-likeness (QED) is 0.811. The van der Waals surface area contributed by atoms with E-state index in [1.165, 1.54) is 5.56 Å². The van der Waals surface area contributed by atoms with Gasteiger partial charge in [-0.15, -0.1) is 0 Å². The zero-order valence-electron chi connectivity index (χ0n) is 15.3. The predicted octanol–water partition coefficient (Wildman–Crippen LogP) is 3.22. The molecule has 5 nitrogen and oxygen atoms in total. The Balaban J connectivity index is 1.86. The number of H-pyrrole nitrogens is 1. The molecule has 0 fully saturated rings. The van der Waals surface area contributed by atoms with Crippen molar-refractivity contribution in [3.8, 4) is 5.75 Å². The van der Waals surface area contributed by atoms with Crippen molar-refractivity contribution < 1.29 is 9.53 Å². The van der Waals surface area contributed by atoms with Gasteiger partial charge >= 0.3 is 0 Å². The highest BCUT2D eigenvalue weighted by atomic mass is 16.5. The summed E-state index contributed by atoms with van der Waals surface area (Å²) in [5.74, 6) is 0.521. The number of pyridine rings is 1. The first-order valence-corrected chi connectivity index (χ1v) is 8.61. The molecular weight excluding hydrogens is 316 g/mol. The first kappa shape index (κ1) is 18.8. The summed E-state index contributed by atoms with van der Waals surface area (Å²) in [5, 5.41) is 2.88. The molecule has 2 aromatic rings. The predicted molar refractivity (Wildman–Crippen MR) is 99.3 cm³/mol. The number of ether oxygens (including phenoxy) is 1. The average Bonchev–Trinajstić information content (AvgIpc) is 2.53. The third kappa shape index (κ3) is 5.78. The van der Waals surface area contributed by atoms with Gasteiger partial charge in [0, 0.05) is 11.7 Å². The van der Waals surface area contributed by atoms with Crippen molar-refractivity contribution in [1.29, 1.82) is 0 Å². The van der Waals surface area contributed by atoms with E-state index in [1.54, 1.807) is 19.1 Å². The Hall–Kier alpha value is -2.56. The van der Waals surface area contributed by atoms with Crippen LogP contribution in [0.5, 0.6) is 5.75 Å². The molecule has 0 spiro atoms. The number of amides is 1. The maximum atomic E-state index is 12.2. The zero-order chi connectivity index (χ0) is 18.4. The van der Waals surface area contributed by atoms with E-state index in [4.69, 9.17) is 4.74 Å². The number of rotatable bonds is 7. The van der Waals surface area contributed by atoms with Gasteiger partial charge in [-0.3, -0.25) is 9.59 Å². The molecule has 0 aliphatic heterocycles. The molecule has 0 aliphatic carbocycles. The number of aromatic nitrogens is 1. The summed E-state index contributed by atoms with van der Waals surface area (Å²) >= 11 is 0. The first-order chi connectivity index (χ1) is 11.8. The summed E-state index contributed by atoms with van der Waals surface area (Å²) in [6.07, 6.45) is 1.79. The van der Waals surface area contributed by atoms with Gasteiger partial charge in [-0.25, -0.2) is 0 Å². The van der Waals surface area contributed by atoms with Crippen molar-refractivity contribution in [2.45, 2.75) is 52.7 Å².